The van der Waals surface area contributed by atoms with Gasteiger partial charge in [-0.3, -0.25) is 0 Å². The Balaban J connectivity index is 2.39. The van der Waals surface area contributed by atoms with Gasteiger partial charge in [0.05, 0.1) is 0 Å². The highest BCUT2D eigenvalue weighted by atomic mass is 79.9. The molecular weight excluding hydrogens is 248 g/mol. The van der Waals surface area contributed by atoms with Gasteiger partial charge < -0.3 is 0 Å². The van der Waals surface area contributed by atoms with Crippen molar-refractivity contribution in [2.24, 2.45) is 0 Å². The second-order valence-electron chi connectivity index (χ2n) is 4.01. The molecular formula is C14H11Br. The molecule has 15 heavy (non-hydrogen) atoms. The van der Waals surface area contributed by atoms with Crippen molar-refractivity contribution in [3.05, 3.63) is 58.1 Å². The van der Waals surface area contributed by atoms with Gasteiger partial charge in [0, 0.05) is 10.4 Å². The SMILES string of the molecule is CC1c2ccccc2-c2c(Br)cccc21. The van der Waals surface area contributed by atoms with Crippen molar-refractivity contribution >= 4 is 15.9 Å². The summed E-state index contributed by atoms with van der Waals surface area (Å²) in [4.78, 5) is 0. The summed E-state index contributed by atoms with van der Waals surface area (Å²) in [6.45, 7) is 2.27. The molecule has 2 aromatic rings. The third-order valence-corrected chi connectivity index (χ3v) is 3.87. The first-order valence-electron chi connectivity index (χ1n) is 5.17. The van der Waals surface area contributed by atoms with Crippen LogP contribution >= 0.6 is 15.9 Å². The fraction of sp³-hybridized carbons (Fsp3) is 0.143. The van der Waals surface area contributed by atoms with Crippen molar-refractivity contribution in [1.82, 2.24) is 0 Å². The lowest BCUT2D eigenvalue weighted by atomic mass is 10.00. The summed E-state index contributed by atoms with van der Waals surface area (Å²) in [5.74, 6) is 0.522. The maximum atomic E-state index is 3.64. The minimum atomic E-state index is 0.522. The Morgan fingerprint density at radius 3 is 2.53 bits per heavy atom. The molecule has 2 aromatic carbocycles. The Bertz CT molecular complexity index is 529. The molecule has 0 bridgehead atoms. The summed E-state index contributed by atoms with van der Waals surface area (Å²) in [6, 6.07) is 15.1. The Hall–Kier alpha value is -1.08. The normalized spacial score (nSPS) is 17.3. The van der Waals surface area contributed by atoms with E-state index >= 15 is 0 Å². The summed E-state index contributed by atoms with van der Waals surface area (Å²) in [6.07, 6.45) is 0. The highest BCUT2D eigenvalue weighted by Crippen LogP contribution is 2.47. The van der Waals surface area contributed by atoms with Gasteiger partial charge in [0.1, 0.15) is 0 Å². The molecule has 0 radical (unpaired) electrons. The minimum Gasteiger partial charge on any atom is -0.0619 e. The third-order valence-electron chi connectivity index (χ3n) is 3.21. The Kier molecular flexibility index (Phi) is 1.96. The van der Waals surface area contributed by atoms with E-state index in [-0.39, 0.29) is 0 Å². The number of benzene rings is 2. The van der Waals surface area contributed by atoms with Crippen molar-refractivity contribution in [3.8, 4) is 11.1 Å². The monoisotopic (exact) mass is 258 g/mol. The molecule has 0 heterocycles. The van der Waals surface area contributed by atoms with E-state index in [4.69, 9.17) is 0 Å². The molecule has 0 N–H and O–H groups in total. The highest BCUT2D eigenvalue weighted by molar-refractivity contribution is 9.10. The maximum Gasteiger partial charge on any atom is 0.0256 e. The largest absolute Gasteiger partial charge is 0.0619 e. The summed E-state index contributed by atoms with van der Waals surface area (Å²) in [7, 11) is 0. The van der Waals surface area contributed by atoms with E-state index < -0.39 is 0 Å². The summed E-state index contributed by atoms with van der Waals surface area (Å²) >= 11 is 3.64. The van der Waals surface area contributed by atoms with Crippen LogP contribution in [0.4, 0.5) is 0 Å². The second kappa shape index (κ2) is 3.21. The van der Waals surface area contributed by atoms with Crippen molar-refractivity contribution in [3.63, 3.8) is 0 Å². The van der Waals surface area contributed by atoms with E-state index in [0.717, 1.165) is 0 Å². The predicted molar refractivity (Wildman–Crippen MR) is 67.1 cm³/mol. The van der Waals surface area contributed by atoms with E-state index in [2.05, 4.69) is 65.3 Å². The minimum absolute atomic E-state index is 0.522. The standard InChI is InChI=1S/C14H11Br/c1-9-10-5-2-3-6-12(10)14-11(9)7-4-8-13(14)15/h2-9H,1H3. The van der Waals surface area contributed by atoms with E-state index in [1.807, 2.05) is 0 Å². The van der Waals surface area contributed by atoms with Gasteiger partial charge in [-0.1, -0.05) is 59.3 Å². The van der Waals surface area contributed by atoms with Gasteiger partial charge in [-0.25, -0.2) is 0 Å². The first-order valence-corrected chi connectivity index (χ1v) is 5.96. The topological polar surface area (TPSA) is 0 Å². The smallest absolute Gasteiger partial charge is 0.0256 e. The van der Waals surface area contributed by atoms with Gasteiger partial charge >= 0.3 is 0 Å². The van der Waals surface area contributed by atoms with Crippen LogP contribution in [-0.2, 0) is 0 Å². The summed E-state index contributed by atoms with van der Waals surface area (Å²) in [5, 5.41) is 0. The lowest BCUT2D eigenvalue weighted by Gasteiger charge is -2.05. The molecule has 0 saturated heterocycles. The second-order valence-corrected chi connectivity index (χ2v) is 4.87. The number of fused-ring (bicyclic) bond motifs is 3. The first-order chi connectivity index (χ1) is 7.29. The van der Waals surface area contributed by atoms with Gasteiger partial charge in [0.2, 0.25) is 0 Å². The first kappa shape index (κ1) is 9.17. The molecule has 0 nitrogen and oxygen atoms in total. The molecule has 0 spiro atoms. The molecule has 0 aliphatic heterocycles. The lowest BCUT2D eigenvalue weighted by molar-refractivity contribution is 0.956. The van der Waals surface area contributed by atoms with Crippen LogP contribution in [0.25, 0.3) is 11.1 Å². The molecule has 0 aromatic heterocycles. The molecule has 0 fully saturated rings. The Morgan fingerprint density at radius 1 is 0.933 bits per heavy atom. The lowest BCUT2D eigenvalue weighted by Crippen LogP contribution is -1.88. The van der Waals surface area contributed by atoms with Crippen LogP contribution in [0, 0.1) is 0 Å². The molecule has 0 saturated carbocycles. The van der Waals surface area contributed by atoms with Crippen molar-refractivity contribution in [2.45, 2.75) is 12.8 Å². The van der Waals surface area contributed by atoms with Gasteiger partial charge in [0.15, 0.2) is 0 Å². The molecule has 1 heteroatoms. The van der Waals surface area contributed by atoms with Crippen molar-refractivity contribution in [1.29, 1.82) is 0 Å². The Morgan fingerprint density at radius 2 is 1.67 bits per heavy atom. The Labute approximate surface area is 98.1 Å². The quantitative estimate of drug-likeness (QED) is 0.649. The maximum absolute atomic E-state index is 3.64. The molecule has 0 amide bonds. The van der Waals surface area contributed by atoms with E-state index in [9.17, 15) is 0 Å². The van der Waals surface area contributed by atoms with Crippen LogP contribution in [-0.4, -0.2) is 0 Å². The zero-order valence-electron chi connectivity index (χ0n) is 8.50. The van der Waals surface area contributed by atoms with Crippen molar-refractivity contribution in [2.75, 3.05) is 0 Å². The molecule has 3 rings (SSSR count). The van der Waals surface area contributed by atoms with Crippen molar-refractivity contribution < 1.29 is 0 Å². The number of rotatable bonds is 0. The van der Waals surface area contributed by atoms with Crippen LogP contribution in [0.15, 0.2) is 46.9 Å². The summed E-state index contributed by atoms with van der Waals surface area (Å²) < 4.78 is 1.21. The average molecular weight is 259 g/mol. The van der Waals surface area contributed by atoms with Gasteiger partial charge in [-0.15, -0.1) is 0 Å². The van der Waals surface area contributed by atoms with Crippen LogP contribution in [0.5, 0.6) is 0 Å². The molecule has 1 aliphatic rings. The highest BCUT2D eigenvalue weighted by Gasteiger charge is 2.25. The molecule has 74 valence electrons. The zero-order chi connectivity index (χ0) is 10.4. The summed E-state index contributed by atoms with van der Waals surface area (Å²) in [5.41, 5.74) is 5.64. The fourth-order valence-corrected chi connectivity index (χ4v) is 3.05. The number of hydrogen-bond donors (Lipinski definition) is 0. The van der Waals surface area contributed by atoms with Gasteiger partial charge in [0.25, 0.3) is 0 Å². The molecule has 1 atom stereocenters. The van der Waals surface area contributed by atoms with Crippen LogP contribution in [0.2, 0.25) is 0 Å². The number of halogens is 1. The number of hydrogen-bond acceptors (Lipinski definition) is 0. The molecule has 1 aliphatic carbocycles. The van der Waals surface area contributed by atoms with E-state index in [1.54, 1.807) is 0 Å². The molecule has 1 unspecified atom stereocenters. The van der Waals surface area contributed by atoms with Crippen LogP contribution in [0.1, 0.15) is 24.0 Å². The fourth-order valence-electron chi connectivity index (χ4n) is 2.46. The third kappa shape index (κ3) is 1.19. The average Bonchev–Trinajstić information content (AvgIpc) is 2.55. The van der Waals surface area contributed by atoms with E-state index in [1.165, 1.54) is 26.7 Å². The van der Waals surface area contributed by atoms with Gasteiger partial charge in [-0.05, 0) is 28.3 Å². The predicted octanol–water partition coefficient (Wildman–Crippen LogP) is 4.58. The van der Waals surface area contributed by atoms with Crippen LogP contribution in [0.3, 0.4) is 0 Å². The van der Waals surface area contributed by atoms with E-state index in [0.29, 0.717) is 5.92 Å². The van der Waals surface area contributed by atoms with Crippen LogP contribution < -0.4 is 0 Å². The van der Waals surface area contributed by atoms with Gasteiger partial charge in [-0.2, -0.15) is 0 Å². The zero-order valence-corrected chi connectivity index (χ0v) is 10.1.